The van der Waals surface area contributed by atoms with Crippen LogP contribution >= 0.6 is 11.3 Å². The van der Waals surface area contributed by atoms with Gasteiger partial charge in [-0.3, -0.25) is 4.79 Å². The number of rotatable bonds is 5. The number of carbonyl (C=O) groups excluding carboxylic acids is 1. The fraction of sp³-hybridized carbons (Fsp3) is 0.545. The van der Waals surface area contributed by atoms with Gasteiger partial charge in [0.25, 0.3) is 5.91 Å². The van der Waals surface area contributed by atoms with Gasteiger partial charge in [-0.15, -0.1) is 11.3 Å². The summed E-state index contributed by atoms with van der Waals surface area (Å²) >= 11 is 1.11. The molecule has 6 nitrogen and oxygen atoms in total. The second-order valence-corrected chi connectivity index (χ2v) is 6.95. The lowest BCUT2D eigenvalue weighted by Crippen LogP contribution is -2.22. The topological polar surface area (TPSA) is 92.5 Å². The van der Waals surface area contributed by atoms with Crippen LogP contribution in [0.3, 0.4) is 0 Å². The van der Waals surface area contributed by atoms with E-state index in [9.17, 15) is 13.2 Å². The van der Waals surface area contributed by atoms with Gasteiger partial charge in [0.15, 0.2) is 9.84 Å². The number of nitrogens with two attached hydrogens (primary N) is 1. The summed E-state index contributed by atoms with van der Waals surface area (Å²) in [5, 5.41) is 3.00. The molecule has 0 fully saturated rings. The van der Waals surface area contributed by atoms with E-state index in [1.165, 1.54) is 7.05 Å². The van der Waals surface area contributed by atoms with Crippen molar-refractivity contribution in [2.24, 2.45) is 0 Å². The highest BCUT2D eigenvalue weighted by molar-refractivity contribution is 7.91. The van der Waals surface area contributed by atoms with E-state index in [1.807, 2.05) is 18.7 Å². The molecule has 1 aromatic heterocycles. The van der Waals surface area contributed by atoms with E-state index in [4.69, 9.17) is 5.73 Å². The number of hydrogen-bond donors (Lipinski definition) is 2. The van der Waals surface area contributed by atoms with E-state index in [0.29, 0.717) is 18.1 Å². The molecule has 0 saturated heterocycles. The van der Waals surface area contributed by atoms with Crippen molar-refractivity contribution in [2.75, 3.05) is 37.0 Å². The largest absolute Gasteiger partial charge is 0.396 e. The van der Waals surface area contributed by atoms with Crippen molar-refractivity contribution >= 4 is 37.8 Å². The van der Waals surface area contributed by atoms with E-state index < -0.39 is 9.84 Å². The third kappa shape index (κ3) is 3.01. The molecule has 0 aliphatic carbocycles. The number of amides is 1. The van der Waals surface area contributed by atoms with Crippen molar-refractivity contribution in [3.8, 4) is 0 Å². The molecule has 0 aliphatic rings. The maximum atomic E-state index is 11.9. The van der Waals surface area contributed by atoms with Crippen LogP contribution in [-0.4, -0.2) is 40.7 Å². The first kappa shape index (κ1) is 15.8. The molecule has 8 heteroatoms. The zero-order chi connectivity index (χ0) is 14.8. The fourth-order valence-electron chi connectivity index (χ4n) is 1.78. The number of nitrogen functional groups attached to an aromatic ring is 1. The van der Waals surface area contributed by atoms with Crippen molar-refractivity contribution in [2.45, 2.75) is 18.7 Å². The first-order valence-corrected chi connectivity index (χ1v) is 8.57. The van der Waals surface area contributed by atoms with Gasteiger partial charge in [0, 0.05) is 26.4 Å². The molecule has 0 unspecified atom stereocenters. The van der Waals surface area contributed by atoms with Crippen LogP contribution in [0.4, 0.5) is 10.7 Å². The summed E-state index contributed by atoms with van der Waals surface area (Å²) in [5.41, 5.74) is 5.89. The van der Waals surface area contributed by atoms with Gasteiger partial charge in [-0.1, -0.05) is 0 Å². The van der Waals surface area contributed by atoms with Crippen LogP contribution in [0.15, 0.2) is 4.90 Å². The third-order valence-electron chi connectivity index (χ3n) is 2.74. The van der Waals surface area contributed by atoms with Crippen LogP contribution < -0.4 is 16.0 Å². The van der Waals surface area contributed by atoms with Gasteiger partial charge >= 0.3 is 0 Å². The minimum Gasteiger partial charge on any atom is -0.396 e. The Bertz CT molecular complexity index is 574. The molecule has 1 heterocycles. The Balaban J connectivity index is 3.58. The van der Waals surface area contributed by atoms with Gasteiger partial charge in [0.1, 0.15) is 14.8 Å². The van der Waals surface area contributed by atoms with Crippen molar-refractivity contribution in [3.63, 3.8) is 0 Å². The molecule has 1 rings (SSSR count). The Hall–Kier alpha value is -1.28. The average molecular weight is 305 g/mol. The first-order valence-electron chi connectivity index (χ1n) is 5.87. The second kappa shape index (κ2) is 5.79. The quantitative estimate of drug-likeness (QED) is 0.844. The molecule has 1 aromatic rings. The van der Waals surface area contributed by atoms with Gasteiger partial charge in [-0.05, 0) is 13.8 Å². The maximum Gasteiger partial charge on any atom is 0.263 e. The van der Waals surface area contributed by atoms with Crippen LogP contribution in [-0.2, 0) is 9.84 Å². The number of thiophene rings is 1. The number of anilines is 2. The van der Waals surface area contributed by atoms with Gasteiger partial charge in [-0.2, -0.15) is 0 Å². The highest BCUT2D eigenvalue weighted by atomic mass is 32.2. The lowest BCUT2D eigenvalue weighted by Gasteiger charge is -2.20. The molecular formula is C11H19N3O3S2. The fourth-order valence-corrected chi connectivity index (χ4v) is 4.56. The molecule has 0 saturated carbocycles. The molecule has 19 heavy (non-hydrogen) atoms. The molecule has 0 atom stereocenters. The third-order valence-corrected chi connectivity index (χ3v) is 5.29. The Morgan fingerprint density at radius 1 is 1.37 bits per heavy atom. The summed E-state index contributed by atoms with van der Waals surface area (Å²) in [7, 11) is -2.00. The molecule has 3 N–H and O–H groups in total. The van der Waals surface area contributed by atoms with Crippen LogP contribution in [0.25, 0.3) is 0 Å². The number of hydrogen-bond acceptors (Lipinski definition) is 6. The lowest BCUT2D eigenvalue weighted by atomic mass is 10.3. The molecule has 0 aromatic carbocycles. The highest BCUT2D eigenvalue weighted by Gasteiger charge is 2.28. The highest BCUT2D eigenvalue weighted by Crippen LogP contribution is 2.41. The molecule has 0 radical (unpaired) electrons. The van der Waals surface area contributed by atoms with E-state index in [2.05, 4.69) is 5.32 Å². The molecule has 0 bridgehead atoms. The van der Waals surface area contributed by atoms with E-state index >= 15 is 0 Å². The zero-order valence-electron chi connectivity index (χ0n) is 11.5. The second-order valence-electron chi connectivity index (χ2n) is 4.00. The van der Waals surface area contributed by atoms with Crippen molar-refractivity contribution in [1.29, 1.82) is 0 Å². The molecule has 0 aliphatic heterocycles. The summed E-state index contributed by atoms with van der Waals surface area (Å²) in [5.74, 6) is -0.370. The Kier molecular flexibility index (Phi) is 4.81. The Labute approximate surface area is 117 Å². The van der Waals surface area contributed by atoms with E-state index in [1.54, 1.807) is 0 Å². The summed E-state index contributed by atoms with van der Waals surface area (Å²) in [4.78, 5) is 13.9. The SMILES string of the molecule is CCN(CC)c1sc(C(=O)NC)c(N)c1S(C)(=O)=O. The minimum absolute atomic E-state index is 0.0359. The summed E-state index contributed by atoms with van der Waals surface area (Å²) < 4.78 is 23.8. The monoisotopic (exact) mass is 305 g/mol. The van der Waals surface area contributed by atoms with E-state index in [0.717, 1.165) is 17.6 Å². The predicted molar refractivity (Wildman–Crippen MR) is 78.8 cm³/mol. The van der Waals surface area contributed by atoms with Gasteiger partial charge in [0.05, 0.1) is 5.69 Å². The average Bonchev–Trinajstić information content (AvgIpc) is 2.67. The Morgan fingerprint density at radius 3 is 2.26 bits per heavy atom. The minimum atomic E-state index is -3.49. The van der Waals surface area contributed by atoms with Gasteiger partial charge in [0.2, 0.25) is 0 Å². The number of sulfone groups is 1. The van der Waals surface area contributed by atoms with E-state index in [-0.39, 0.29) is 21.4 Å². The number of nitrogens with zero attached hydrogens (tertiary/aromatic N) is 1. The zero-order valence-corrected chi connectivity index (χ0v) is 13.1. The molecule has 108 valence electrons. The smallest absolute Gasteiger partial charge is 0.263 e. The number of carbonyl (C=O) groups is 1. The first-order chi connectivity index (χ1) is 8.77. The number of nitrogens with one attached hydrogen (secondary N) is 1. The molecule has 1 amide bonds. The molecular weight excluding hydrogens is 286 g/mol. The van der Waals surface area contributed by atoms with Crippen molar-refractivity contribution in [1.82, 2.24) is 5.32 Å². The lowest BCUT2D eigenvalue weighted by molar-refractivity contribution is 0.0968. The molecule has 0 spiro atoms. The predicted octanol–water partition coefficient (Wildman–Crippen LogP) is 0.940. The summed E-state index contributed by atoms with van der Waals surface area (Å²) in [6, 6.07) is 0. The van der Waals surface area contributed by atoms with Crippen LogP contribution in [0.5, 0.6) is 0 Å². The van der Waals surface area contributed by atoms with Gasteiger partial charge < -0.3 is 16.0 Å². The normalized spacial score (nSPS) is 11.4. The Morgan fingerprint density at radius 2 is 1.89 bits per heavy atom. The van der Waals surface area contributed by atoms with Crippen molar-refractivity contribution in [3.05, 3.63) is 4.88 Å². The van der Waals surface area contributed by atoms with Crippen molar-refractivity contribution < 1.29 is 13.2 Å². The van der Waals surface area contributed by atoms with Crippen LogP contribution in [0.2, 0.25) is 0 Å². The van der Waals surface area contributed by atoms with Crippen LogP contribution in [0.1, 0.15) is 23.5 Å². The standard InChI is InChI=1S/C11H19N3O3S2/c1-5-14(6-2)11-9(19(4,16)17)7(12)8(18-11)10(15)13-3/h5-6,12H2,1-4H3,(H,13,15). The summed E-state index contributed by atoms with van der Waals surface area (Å²) in [6.45, 7) is 5.13. The van der Waals surface area contributed by atoms with Crippen LogP contribution in [0, 0.1) is 0 Å². The summed E-state index contributed by atoms with van der Waals surface area (Å²) in [6.07, 6.45) is 1.10. The maximum absolute atomic E-state index is 11.9. The van der Waals surface area contributed by atoms with Gasteiger partial charge in [-0.25, -0.2) is 8.42 Å².